The minimum absolute atomic E-state index is 0.0363. The molecule has 0 fully saturated rings. The van der Waals surface area contributed by atoms with E-state index in [0.29, 0.717) is 24.3 Å². The maximum absolute atomic E-state index is 12.7. The van der Waals surface area contributed by atoms with Gasteiger partial charge >= 0.3 is 0 Å². The highest BCUT2D eigenvalue weighted by Crippen LogP contribution is 2.21. The third-order valence-electron chi connectivity index (χ3n) is 3.54. The van der Waals surface area contributed by atoms with Gasteiger partial charge in [-0.2, -0.15) is 0 Å². The molecule has 0 saturated heterocycles. The fourth-order valence-electron chi connectivity index (χ4n) is 2.22. The molecular weight excluding hydrogens is 328 g/mol. The third kappa shape index (κ3) is 3.64. The number of benzene rings is 2. The first-order chi connectivity index (χ1) is 10.0. The van der Waals surface area contributed by atoms with Crippen molar-refractivity contribution in [3.05, 3.63) is 63.6 Å². The zero-order valence-electron chi connectivity index (χ0n) is 12.3. The molecule has 0 aliphatic carbocycles. The summed E-state index contributed by atoms with van der Waals surface area (Å²) in [7, 11) is 0. The normalized spacial score (nSPS) is 10.4. The highest BCUT2D eigenvalue weighted by molar-refractivity contribution is 9.10. The van der Waals surface area contributed by atoms with Gasteiger partial charge in [-0.25, -0.2) is 0 Å². The summed E-state index contributed by atoms with van der Waals surface area (Å²) in [5, 5.41) is 0. The summed E-state index contributed by atoms with van der Waals surface area (Å²) in [6, 6.07) is 13.5. The van der Waals surface area contributed by atoms with Crippen LogP contribution in [-0.4, -0.2) is 17.4 Å². The fourth-order valence-corrected chi connectivity index (χ4v) is 2.60. The van der Waals surface area contributed by atoms with Crippen LogP contribution >= 0.6 is 15.9 Å². The largest absolute Gasteiger partial charge is 0.398 e. The van der Waals surface area contributed by atoms with E-state index < -0.39 is 0 Å². The summed E-state index contributed by atoms with van der Waals surface area (Å²) in [4.78, 5) is 14.5. The van der Waals surface area contributed by atoms with Crippen LogP contribution in [0.5, 0.6) is 0 Å². The average Bonchev–Trinajstić information content (AvgIpc) is 2.46. The molecule has 2 N–H and O–H groups in total. The van der Waals surface area contributed by atoms with E-state index in [1.165, 1.54) is 5.56 Å². The maximum atomic E-state index is 12.7. The molecule has 0 unspecified atom stereocenters. The molecule has 4 heteroatoms. The van der Waals surface area contributed by atoms with E-state index in [4.69, 9.17) is 5.73 Å². The minimum Gasteiger partial charge on any atom is -0.398 e. The van der Waals surface area contributed by atoms with Gasteiger partial charge in [-0.05, 0) is 43.2 Å². The van der Waals surface area contributed by atoms with E-state index >= 15 is 0 Å². The van der Waals surface area contributed by atoms with Gasteiger partial charge in [0.15, 0.2) is 0 Å². The number of anilines is 1. The van der Waals surface area contributed by atoms with Crippen LogP contribution in [0.1, 0.15) is 28.4 Å². The Morgan fingerprint density at radius 2 is 1.95 bits per heavy atom. The number of nitrogen functional groups attached to an aromatic ring is 1. The Bertz CT molecular complexity index is 655. The zero-order valence-corrected chi connectivity index (χ0v) is 13.9. The summed E-state index contributed by atoms with van der Waals surface area (Å²) in [5.41, 5.74) is 9.35. The van der Waals surface area contributed by atoms with Crippen molar-refractivity contribution in [2.75, 3.05) is 12.3 Å². The Balaban J connectivity index is 2.25. The van der Waals surface area contributed by atoms with Gasteiger partial charge in [-0.1, -0.05) is 40.2 Å². The monoisotopic (exact) mass is 346 g/mol. The van der Waals surface area contributed by atoms with Crippen molar-refractivity contribution in [3.63, 3.8) is 0 Å². The fraction of sp³-hybridized carbons (Fsp3) is 0.235. The van der Waals surface area contributed by atoms with Gasteiger partial charge in [0.25, 0.3) is 5.91 Å². The van der Waals surface area contributed by atoms with Gasteiger partial charge in [0.2, 0.25) is 0 Å². The number of carbonyl (C=O) groups is 1. The number of amides is 1. The van der Waals surface area contributed by atoms with Gasteiger partial charge in [0, 0.05) is 23.2 Å². The lowest BCUT2D eigenvalue weighted by molar-refractivity contribution is 0.0753. The molecule has 3 nitrogen and oxygen atoms in total. The molecule has 0 aliphatic heterocycles. The molecule has 2 aromatic carbocycles. The lowest BCUT2D eigenvalue weighted by Crippen LogP contribution is -2.31. The Morgan fingerprint density at radius 3 is 2.57 bits per heavy atom. The topological polar surface area (TPSA) is 46.3 Å². The number of hydrogen-bond donors (Lipinski definition) is 1. The van der Waals surface area contributed by atoms with Crippen LogP contribution in [0.3, 0.4) is 0 Å². The first-order valence-electron chi connectivity index (χ1n) is 6.91. The number of nitrogens with two attached hydrogens (primary N) is 1. The molecule has 0 aliphatic rings. The second-order valence-corrected chi connectivity index (χ2v) is 5.89. The second kappa shape index (κ2) is 6.76. The Kier molecular flexibility index (Phi) is 5.02. The molecule has 0 aromatic heterocycles. The van der Waals surface area contributed by atoms with E-state index in [9.17, 15) is 4.79 Å². The van der Waals surface area contributed by atoms with E-state index in [2.05, 4.69) is 35.0 Å². The first kappa shape index (κ1) is 15.6. The number of halogens is 1. The molecule has 0 saturated carbocycles. The zero-order chi connectivity index (χ0) is 15.4. The van der Waals surface area contributed by atoms with Crippen LogP contribution in [0.4, 0.5) is 5.69 Å². The summed E-state index contributed by atoms with van der Waals surface area (Å²) in [5.74, 6) is -0.0363. The maximum Gasteiger partial charge on any atom is 0.256 e. The molecule has 0 atom stereocenters. The second-order valence-electron chi connectivity index (χ2n) is 4.98. The van der Waals surface area contributed by atoms with E-state index in [0.717, 1.165) is 10.0 Å². The molecule has 0 bridgehead atoms. The lowest BCUT2D eigenvalue weighted by atomic mass is 10.1. The quantitative estimate of drug-likeness (QED) is 0.850. The van der Waals surface area contributed by atoms with Crippen LogP contribution < -0.4 is 5.73 Å². The smallest absolute Gasteiger partial charge is 0.256 e. The van der Waals surface area contributed by atoms with Crippen LogP contribution in [0.15, 0.2) is 46.9 Å². The van der Waals surface area contributed by atoms with Crippen molar-refractivity contribution in [1.29, 1.82) is 0 Å². The van der Waals surface area contributed by atoms with E-state index in [1.807, 2.05) is 30.0 Å². The number of nitrogens with zero attached hydrogens (tertiary/aromatic N) is 1. The van der Waals surface area contributed by atoms with Crippen molar-refractivity contribution in [1.82, 2.24) is 4.90 Å². The van der Waals surface area contributed by atoms with Gasteiger partial charge in [-0.15, -0.1) is 0 Å². The summed E-state index contributed by atoms with van der Waals surface area (Å²) < 4.78 is 0.874. The van der Waals surface area contributed by atoms with Crippen molar-refractivity contribution in [2.24, 2.45) is 0 Å². The van der Waals surface area contributed by atoms with Gasteiger partial charge in [0.1, 0.15) is 0 Å². The molecule has 21 heavy (non-hydrogen) atoms. The third-order valence-corrected chi connectivity index (χ3v) is 4.03. The van der Waals surface area contributed by atoms with Crippen LogP contribution in [0.25, 0.3) is 0 Å². The van der Waals surface area contributed by atoms with E-state index in [1.54, 1.807) is 12.1 Å². The standard InChI is InChI=1S/C17H19BrN2O/c1-3-20(11-13-7-5-4-6-12(13)2)17(21)15-9-8-14(18)10-16(15)19/h4-10H,3,11,19H2,1-2H3. The minimum atomic E-state index is -0.0363. The van der Waals surface area contributed by atoms with Crippen molar-refractivity contribution < 1.29 is 4.79 Å². The predicted octanol–water partition coefficient (Wildman–Crippen LogP) is 4.00. The van der Waals surface area contributed by atoms with Gasteiger partial charge in [0.05, 0.1) is 5.56 Å². The molecular formula is C17H19BrN2O. The Labute approximate surface area is 133 Å². The summed E-state index contributed by atoms with van der Waals surface area (Å²) in [6.45, 7) is 5.27. The number of rotatable bonds is 4. The SMILES string of the molecule is CCN(Cc1ccccc1C)C(=O)c1ccc(Br)cc1N. The van der Waals surface area contributed by atoms with Crippen LogP contribution in [0.2, 0.25) is 0 Å². The van der Waals surface area contributed by atoms with Crippen LogP contribution in [0, 0.1) is 6.92 Å². The highest BCUT2D eigenvalue weighted by atomic mass is 79.9. The van der Waals surface area contributed by atoms with Crippen molar-refractivity contribution in [2.45, 2.75) is 20.4 Å². The van der Waals surface area contributed by atoms with E-state index in [-0.39, 0.29) is 5.91 Å². The molecule has 110 valence electrons. The van der Waals surface area contributed by atoms with Crippen LogP contribution in [-0.2, 0) is 6.54 Å². The Morgan fingerprint density at radius 1 is 1.24 bits per heavy atom. The molecule has 0 spiro atoms. The molecule has 0 radical (unpaired) electrons. The lowest BCUT2D eigenvalue weighted by Gasteiger charge is -2.22. The molecule has 2 aromatic rings. The number of hydrogen-bond acceptors (Lipinski definition) is 2. The highest BCUT2D eigenvalue weighted by Gasteiger charge is 2.17. The van der Waals surface area contributed by atoms with Gasteiger partial charge in [-0.3, -0.25) is 4.79 Å². The van der Waals surface area contributed by atoms with Gasteiger partial charge < -0.3 is 10.6 Å². The molecule has 0 heterocycles. The predicted molar refractivity (Wildman–Crippen MR) is 90.1 cm³/mol. The summed E-state index contributed by atoms with van der Waals surface area (Å²) in [6.07, 6.45) is 0. The Hall–Kier alpha value is -1.81. The van der Waals surface area contributed by atoms with Crippen molar-refractivity contribution in [3.8, 4) is 0 Å². The number of aryl methyl sites for hydroxylation is 1. The average molecular weight is 347 g/mol. The van der Waals surface area contributed by atoms with Crippen molar-refractivity contribution >= 4 is 27.5 Å². The summed E-state index contributed by atoms with van der Waals surface area (Å²) >= 11 is 3.36. The first-order valence-corrected chi connectivity index (χ1v) is 7.71. The number of carbonyl (C=O) groups excluding carboxylic acids is 1. The molecule has 1 amide bonds. The molecule has 2 rings (SSSR count).